The lowest BCUT2D eigenvalue weighted by Crippen LogP contribution is -2.29. The van der Waals surface area contributed by atoms with Crippen molar-refractivity contribution in [2.24, 2.45) is 0 Å². The van der Waals surface area contributed by atoms with Crippen LogP contribution >= 0.6 is 11.3 Å². The minimum Gasteiger partial charge on any atom is -0.367 e. The van der Waals surface area contributed by atoms with Gasteiger partial charge in [-0.25, -0.2) is 4.68 Å². The summed E-state index contributed by atoms with van der Waals surface area (Å²) in [5.74, 6) is 1.40. The second-order valence-electron chi connectivity index (χ2n) is 5.98. The Labute approximate surface area is 156 Å². The Bertz CT molecular complexity index is 855. The van der Waals surface area contributed by atoms with Gasteiger partial charge in [-0.1, -0.05) is 0 Å². The minimum atomic E-state index is 0.0649. The van der Waals surface area contributed by atoms with Crippen LogP contribution in [-0.2, 0) is 11.2 Å². The first kappa shape index (κ1) is 18.1. The molecule has 0 aliphatic heterocycles. The molecular formula is C18H22N6OS. The SMILES string of the molecule is Cc1ccn(-c2ccc(NCCNC(=O)CCc3sccc3C)nn2)n1. The van der Waals surface area contributed by atoms with Crippen molar-refractivity contribution in [3.63, 3.8) is 0 Å². The highest BCUT2D eigenvalue weighted by Crippen LogP contribution is 2.17. The number of nitrogens with one attached hydrogen (secondary N) is 2. The Kier molecular flexibility index (Phi) is 5.96. The van der Waals surface area contributed by atoms with E-state index < -0.39 is 0 Å². The first-order valence-electron chi connectivity index (χ1n) is 8.52. The van der Waals surface area contributed by atoms with Crippen molar-refractivity contribution in [1.82, 2.24) is 25.3 Å². The quantitative estimate of drug-likeness (QED) is 0.595. The lowest BCUT2D eigenvalue weighted by molar-refractivity contribution is -0.120. The van der Waals surface area contributed by atoms with Crippen molar-refractivity contribution in [3.05, 3.63) is 52.0 Å². The normalized spacial score (nSPS) is 10.7. The van der Waals surface area contributed by atoms with Crippen LogP contribution in [0.25, 0.3) is 5.82 Å². The third kappa shape index (κ3) is 4.89. The summed E-state index contributed by atoms with van der Waals surface area (Å²) in [5.41, 5.74) is 2.19. The largest absolute Gasteiger partial charge is 0.367 e. The van der Waals surface area contributed by atoms with Gasteiger partial charge in [0, 0.05) is 30.6 Å². The van der Waals surface area contributed by atoms with Crippen molar-refractivity contribution in [2.45, 2.75) is 26.7 Å². The zero-order valence-electron chi connectivity index (χ0n) is 14.9. The Hall–Kier alpha value is -2.74. The number of aryl methyl sites for hydroxylation is 3. The molecule has 3 heterocycles. The number of amides is 1. The van der Waals surface area contributed by atoms with E-state index in [1.165, 1.54) is 10.4 Å². The van der Waals surface area contributed by atoms with Crippen LogP contribution in [0, 0.1) is 13.8 Å². The molecule has 3 aromatic heterocycles. The molecule has 0 radical (unpaired) electrons. The van der Waals surface area contributed by atoms with E-state index in [1.54, 1.807) is 16.0 Å². The number of carbonyl (C=O) groups is 1. The summed E-state index contributed by atoms with van der Waals surface area (Å²) in [6.07, 6.45) is 3.15. The summed E-state index contributed by atoms with van der Waals surface area (Å²) < 4.78 is 1.68. The lowest BCUT2D eigenvalue weighted by atomic mass is 10.2. The number of hydrogen-bond acceptors (Lipinski definition) is 6. The maximum Gasteiger partial charge on any atom is 0.220 e. The number of aromatic nitrogens is 4. The van der Waals surface area contributed by atoms with Gasteiger partial charge in [0.25, 0.3) is 0 Å². The van der Waals surface area contributed by atoms with E-state index in [1.807, 2.05) is 31.3 Å². The van der Waals surface area contributed by atoms with Gasteiger partial charge in [0.15, 0.2) is 5.82 Å². The molecule has 3 rings (SSSR count). The average molecular weight is 370 g/mol. The molecule has 7 nitrogen and oxygen atoms in total. The highest BCUT2D eigenvalue weighted by molar-refractivity contribution is 7.10. The van der Waals surface area contributed by atoms with Crippen LogP contribution in [0.3, 0.4) is 0 Å². The molecule has 1 amide bonds. The van der Waals surface area contributed by atoms with Crippen LogP contribution in [-0.4, -0.2) is 39.0 Å². The maximum absolute atomic E-state index is 11.9. The molecule has 0 saturated heterocycles. The summed E-state index contributed by atoms with van der Waals surface area (Å²) in [7, 11) is 0. The number of nitrogens with zero attached hydrogens (tertiary/aromatic N) is 4. The number of thiophene rings is 1. The highest BCUT2D eigenvalue weighted by Gasteiger charge is 2.05. The Morgan fingerprint density at radius 2 is 2.04 bits per heavy atom. The predicted molar refractivity (Wildman–Crippen MR) is 103 cm³/mol. The van der Waals surface area contributed by atoms with E-state index in [9.17, 15) is 4.79 Å². The summed E-state index contributed by atoms with van der Waals surface area (Å²) >= 11 is 1.70. The third-order valence-electron chi connectivity index (χ3n) is 3.91. The predicted octanol–water partition coefficient (Wildman–Crippen LogP) is 2.50. The fourth-order valence-corrected chi connectivity index (χ4v) is 3.36. The smallest absolute Gasteiger partial charge is 0.220 e. The van der Waals surface area contributed by atoms with E-state index in [2.05, 4.69) is 44.3 Å². The summed E-state index contributed by atoms with van der Waals surface area (Å²) in [5, 5.41) is 20.7. The molecule has 8 heteroatoms. The lowest BCUT2D eigenvalue weighted by Gasteiger charge is -2.07. The van der Waals surface area contributed by atoms with Crippen LogP contribution in [0.4, 0.5) is 5.82 Å². The van der Waals surface area contributed by atoms with E-state index in [0.717, 1.165) is 12.1 Å². The second kappa shape index (κ2) is 8.57. The first-order valence-corrected chi connectivity index (χ1v) is 9.40. The van der Waals surface area contributed by atoms with Crippen molar-refractivity contribution >= 4 is 23.1 Å². The van der Waals surface area contributed by atoms with Crippen LogP contribution < -0.4 is 10.6 Å². The van der Waals surface area contributed by atoms with Crippen molar-refractivity contribution in [2.75, 3.05) is 18.4 Å². The molecule has 3 aromatic rings. The molecule has 0 aromatic carbocycles. The van der Waals surface area contributed by atoms with Crippen molar-refractivity contribution < 1.29 is 4.79 Å². The van der Waals surface area contributed by atoms with Gasteiger partial charge >= 0.3 is 0 Å². The van der Waals surface area contributed by atoms with Gasteiger partial charge in [-0.15, -0.1) is 21.5 Å². The van der Waals surface area contributed by atoms with Gasteiger partial charge in [-0.2, -0.15) is 5.10 Å². The highest BCUT2D eigenvalue weighted by atomic mass is 32.1. The standard InChI is InChI=1S/C18H22N6OS/c1-13-8-12-26-15(13)3-6-18(25)20-10-9-19-16-4-5-17(22-21-16)24-11-7-14(2)23-24/h4-5,7-8,11-12H,3,6,9-10H2,1-2H3,(H,19,21)(H,20,25). The Morgan fingerprint density at radius 3 is 2.69 bits per heavy atom. The monoisotopic (exact) mass is 370 g/mol. The molecule has 0 unspecified atom stereocenters. The molecule has 136 valence electrons. The molecular weight excluding hydrogens is 348 g/mol. The van der Waals surface area contributed by atoms with Crippen LogP contribution in [0.5, 0.6) is 0 Å². The van der Waals surface area contributed by atoms with Gasteiger partial charge < -0.3 is 10.6 Å². The minimum absolute atomic E-state index is 0.0649. The van der Waals surface area contributed by atoms with Gasteiger partial charge in [0.05, 0.1) is 5.69 Å². The number of anilines is 1. The van der Waals surface area contributed by atoms with Crippen molar-refractivity contribution in [1.29, 1.82) is 0 Å². The number of rotatable bonds is 8. The molecule has 2 N–H and O–H groups in total. The Balaban J connectivity index is 1.37. The van der Waals surface area contributed by atoms with E-state index in [0.29, 0.717) is 31.1 Å². The number of hydrogen-bond donors (Lipinski definition) is 2. The molecule has 0 aliphatic rings. The van der Waals surface area contributed by atoms with Crippen LogP contribution in [0.2, 0.25) is 0 Å². The molecule has 0 saturated carbocycles. The molecule has 26 heavy (non-hydrogen) atoms. The van der Waals surface area contributed by atoms with E-state index in [-0.39, 0.29) is 5.91 Å². The topological polar surface area (TPSA) is 84.7 Å². The first-order chi connectivity index (χ1) is 12.6. The molecule has 0 bridgehead atoms. The second-order valence-corrected chi connectivity index (χ2v) is 6.98. The van der Waals surface area contributed by atoms with Crippen LogP contribution in [0.15, 0.2) is 35.8 Å². The van der Waals surface area contributed by atoms with Gasteiger partial charge in [0.1, 0.15) is 5.82 Å². The van der Waals surface area contributed by atoms with E-state index in [4.69, 9.17) is 0 Å². The maximum atomic E-state index is 11.9. The molecule has 0 atom stereocenters. The summed E-state index contributed by atoms with van der Waals surface area (Å²) in [4.78, 5) is 13.2. The fraction of sp³-hybridized carbons (Fsp3) is 0.333. The molecule has 0 fully saturated rings. The van der Waals surface area contributed by atoms with Gasteiger partial charge in [0.2, 0.25) is 5.91 Å². The van der Waals surface area contributed by atoms with Gasteiger partial charge in [-0.05, 0) is 55.5 Å². The van der Waals surface area contributed by atoms with Crippen molar-refractivity contribution in [3.8, 4) is 5.82 Å². The third-order valence-corrected chi connectivity index (χ3v) is 4.99. The van der Waals surface area contributed by atoms with E-state index >= 15 is 0 Å². The summed E-state index contributed by atoms with van der Waals surface area (Å²) in [6, 6.07) is 7.70. The van der Waals surface area contributed by atoms with Gasteiger partial charge in [-0.3, -0.25) is 4.79 Å². The zero-order valence-corrected chi connectivity index (χ0v) is 15.7. The molecule has 0 spiro atoms. The summed E-state index contributed by atoms with van der Waals surface area (Å²) in [6.45, 7) is 5.14. The number of carbonyl (C=O) groups excluding carboxylic acids is 1. The Morgan fingerprint density at radius 1 is 1.15 bits per heavy atom. The average Bonchev–Trinajstić information content (AvgIpc) is 3.26. The molecule has 0 aliphatic carbocycles. The zero-order chi connectivity index (χ0) is 18.4. The fourth-order valence-electron chi connectivity index (χ4n) is 2.45. The van der Waals surface area contributed by atoms with Crippen LogP contribution in [0.1, 0.15) is 22.6 Å².